The summed E-state index contributed by atoms with van der Waals surface area (Å²) in [5.74, 6) is 1.33. The molecular formula is C49H72N10O5. The number of aromatic nitrogens is 5. The van der Waals surface area contributed by atoms with Gasteiger partial charge in [0.15, 0.2) is 0 Å². The summed E-state index contributed by atoms with van der Waals surface area (Å²) >= 11 is 0. The zero-order chi connectivity index (χ0) is 44.3. The maximum atomic E-state index is 13.2. The number of likely N-dealkylation sites (tertiary alicyclic amines) is 1. The van der Waals surface area contributed by atoms with Crippen LogP contribution in [0.3, 0.4) is 0 Å². The fourth-order valence-electron chi connectivity index (χ4n) is 11.6. The quantitative estimate of drug-likeness (QED) is 0.0937. The molecule has 5 fully saturated rings. The number of piperidine rings is 1. The molecule has 3 aliphatic heterocycles. The van der Waals surface area contributed by atoms with Crippen molar-refractivity contribution < 1.29 is 19.4 Å². The highest BCUT2D eigenvalue weighted by Gasteiger charge is 2.33. The topological polar surface area (TPSA) is 155 Å². The number of aliphatic hydroxyl groups excluding tert-OH is 1. The highest BCUT2D eigenvalue weighted by Crippen LogP contribution is 2.42. The van der Waals surface area contributed by atoms with E-state index in [9.17, 15) is 19.5 Å². The Bertz CT molecular complexity index is 2300. The van der Waals surface area contributed by atoms with E-state index in [1.807, 2.05) is 6.07 Å². The lowest BCUT2D eigenvalue weighted by Crippen LogP contribution is -2.48. The van der Waals surface area contributed by atoms with Gasteiger partial charge in [0.1, 0.15) is 11.7 Å². The van der Waals surface area contributed by atoms with Crippen LogP contribution in [-0.2, 0) is 27.9 Å². The molecule has 2 aliphatic carbocycles. The van der Waals surface area contributed by atoms with Crippen molar-refractivity contribution >= 4 is 39.8 Å². The van der Waals surface area contributed by atoms with E-state index >= 15 is 0 Å². The average molecular weight is 881 g/mol. The van der Waals surface area contributed by atoms with E-state index in [4.69, 9.17) is 14.7 Å². The van der Waals surface area contributed by atoms with Gasteiger partial charge in [-0.3, -0.25) is 28.9 Å². The number of hydrogen-bond acceptors (Lipinski definition) is 11. The third-order valence-corrected chi connectivity index (χ3v) is 15.3. The molecule has 9 rings (SSSR count). The molecule has 2 saturated carbocycles. The molecule has 3 atom stereocenters. The van der Waals surface area contributed by atoms with Gasteiger partial charge in [0.05, 0.1) is 23.2 Å². The maximum absolute atomic E-state index is 13.2. The van der Waals surface area contributed by atoms with Crippen molar-refractivity contribution in [1.29, 1.82) is 0 Å². The number of nitrogens with one attached hydrogen (secondary N) is 2. The average Bonchev–Trinajstić information content (AvgIpc) is 3.97. The summed E-state index contributed by atoms with van der Waals surface area (Å²) in [4.78, 5) is 55.2. The van der Waals surface area contributed by atoms with Crippen molar-refractivity contribution in [3.05, 3.63) is 52.2 Å². The Morgan fingerprint density at radius 3 is 2.47 bits per heavy atom. The summed E-state index contributed by atoms with van der Waals surface area (Å²) in [7, 11) is 1.74. The number of aryl methyl sites for hydroxylation is 1. The van der Waals surface area contributed by atoms with Gasteiger partial charge in [-0.25, -0.2) is 9.78 Å². The Balaban J connectivity index is 0.689. The van der Waals surface area contributed by atoms with Gasteiger partial charge in [-0.1, -0.05) is 19.4 Å². The Hall–Kier alpha value is -4.15. The largest absolute Gasteiger partial charge is 0.393 e. The summed E-state index contributed by atoms with van der Waals surface area (Å²) in [6.45, 7) is 14.7. The van der Waals surface area contributed by atoms with Crippen LogP contribution in [0.5, 0.6) is 0 Å². The molecular weight excluding hydrogens is 809 g/mol. The molecule has 6 heterocycles. The predicted molar refractivity (Wildman–Crippen MR) is 249 cm³/mol. The van der Waals surface area contributed by atoms with E-state index in [1.54, 1.807) is 16.2 Å². The van der Waals surface area contributed by atoms with Crippen LogP contribution >= 0.6 is 0 Å². The number of imide groups is 1. The number of piperazine rings is 1. The molecule has 15 heteroatoms. The van der Waals surface area contributed by atoms with Gasteiger partial charge in [0.25, 0.3) is 0 Å². The number of amides is 2. The molecule has 5 aliphatic rings. The van der Waals surface area contributed by atoms with Gasteiger partial charge in [0, 0.05) is 109 Å². The normalized spacial score (nSPS) is 27.1. The number of imidazole rings is 1. The van der Waals surface area contributed by atoms with Crippen LogP contribution < -0.4 is 16.3 Å². The van der Waals surface area contributed by atoms with Gasteiger partial charge in [0.2, 0.25) is 17.8 Å². The van der Waals surface area contributed by atoms with Crippen molar-refractivity contribution in [2.75, 3.05) is 64.3 Å². The van der Waals surface area contributed by atoms with Gasteiger partial charge in [-0.05, 0) is 119 Å². The van der Waals surface area contributed by atoms with Gasteiger partial charge in [-0.2, -0.15) is 4.98 Å². The molecule has 4 aromatic rings. The smallest absolute Gasteiger partial charge is 0.329 e. The van der Waals surface area contributed by atoms with Crippen LogP contribution in [-0.4, -0.2) is 133 Å². The molecule has 1 unspecified atom stereocenters. The number of nitrogens with zero attached hydrogens (tertiary/aromatic N) is 8. The third kappa shape index (κ3) is 10.1. The number of benzene rings is 1. The van der Waals surface area contributed by atoms with Gasteiger partial charge in [-0.15, -0.1) is 0 Å². The van der Waals surface area contributed by atoms with Crippen molar-refractivity contribution in [2.24, 2.45) is 13.0 Å². The second kappa shape index (κ2) is 20.2. The van der Waals surface area contributed by atoms with Crippen molar-refractivity contribution in [1.82, 2.24) is 43.7 Å². The van der Waals surface area contributed by atoms with E-state index in [-0.39, 0.29) is 30.2 Å². The monoisotopic (exact) mass is 881 g/mol. The maximum Gasteiger partial charge on any atom is 0.329 e. The lowest BCUT2D eigenvalue weighted by atomic mass is 9.78. The summed E-state index contributed by atoms with van der Waals surface area (Å²) in [6.07, 6.45) is 18.1. The molecule has 64 heavy (non-hydrogen) atoms. The third-order valence-electron chi connectivity index (χ3n) is 15.3. The second-order valence-corrected chi connectivity index (χ2v) is 20.0. The van der Waals surface area contributed by atoms with Crippen LogP contribution in [0.4, 0.5) is 5.95 Å². The highest BCUT2D eigenvalue weighted by atomic mass is 16.5. The molecule has 3 saturated heterocycles. The minimum atomic E-state index is -0.674. The first-order chi connectivity index (χ1) is 31.1. The SMILES string of the molecule is CCC[C@H](C)Nc1ncc2c(n1)n([C@H]1CC[C@H](O)CC1)cc2[C@H]1CC[C@@H](CN2CCN(CCCO[C@H]3CCN(Cc4ccc5c(c4)n(C)c(=O)n5C4CCC(=O)NC4=O)C3)CC2)CC1. The van der Waals surface area contributed by atoms with Crippen LogP contribution in [0.2, 0.25) is 0 Å². The number of carbonyl (C=O) groups is 2. The fourth-order valence-corrected chi connectivity index (χ4v) is 11.6. The summed E-state index contributed by atoms with van der Waals surface area (Å²) < 4.78 is 12.0. The van der Waals surface area contributed by atoms with Crippen molar-refractivity contribution in [3.63, 3.8) is 0 Å². The van der Waals surface area contributed by atoms with Gasteiger partial charge < -0.3 is 29.5 Å². The molecule has 348 valence electrons. The Labute approximate surface area is 377 Å². The Morgan fingerprint density at radius 1 is 0.922 bits per heavy atom. The molecule has 15 nitrogen and oxygen atoms in total. The minimum absolute atomic E-state index is 0.172. The summed E-state index contributed by atoms with van der Waals surface area (Å²) in [5.41, 5.74) is 4.91. The summed E-state index contributed by atoms with van der Waals surface area (Å²) in [5, 5.41) is 17.4. The van der Waals surface area contributed by atoms with E-state index in [1.165, 1.54) is 43.2 Å². The molecule has 3 N–H and O–H groups in total. The fraction of sp³-hybridized carbons (Fsp3) is 0.694. The molecule has 1 aromatic carbocycles. The lowest BCUT2D eigenvalue weighted by molar-refractivity contribution is -0.135. The van der Waals surface area contributed by atoms with Crippen LogP contribution in [0, 0.1) is 5.92 Å². The molecule has 2 amide bonds. The number of ether oxygens (including phenoxy) is 1. The number of carbonyl (C=O) groups excluding carboxylic acids is 2. The predicted octanol–water partition coefficient (Wildman–Crippen LogP) is 5.71. The number of anilines is 1. The van der Waals surface area contributed by atoms with Gasteiger partial charge >= 0.3 is 5.69 Å². The first-order valence-electron chi connectivity index (χ1n) is 24.7. The molecule has 0 radical (unpaired) electrons. The standard InChI is InChI=1S/C49H72N10O5/c1-4-6-33(2)51-48-50-28-40-41(32-58(46(40)53-48)37-12-14-38(60)15-13-37)36-10-7-34(8-11-36)29-56-24-22-55(23-25-56)20-5-26-64-39-19-21-57(31-39)30-35-9-16-42-44(27-35)54(3)49(63)59(42)43-17-18-45(61)52-47(43)62/h9,16,27-28,32-34,36-39,43,60H,4-8,10-15,17-26,29-31H2,1-3H3,(H,50,51,53)(H,52,61,62)/t33-,34-,36+,37-,38-,39-,43?/m0/s1. The van der Waals surface area contributed by atoms with Crippen LogP contribution in [0.25, 0.3) is 22.1 Å². The van der Waals surface area contributed by atoms with Crippen molar-refractivity contribution in [2.45, 2.75) is 147 Å². The van der Waals surface area contributed by atoms with Crippen LogP contribution in [0.15, 0.2) is 35.4 Å². The second-order valence-electron chi connectivity index (χ2n) is 20.0. The molecule has 0 bridgehead atoms. The van der Waals surface area contributed by atoms with E-state index in [2.05, 4.69) is 68.3 Å². The Morgan fingerprint density at radius 2 is 1.70 bits per heavy atom. The molecule has 3 aromatic heterocycles. The van der Waals surface area contributed by atoms with E-state index in [0.717, 1.165) is 144 Å². The highest BCUT2D eigenvalue weighted by molar-refractivity contribution is 6.00. The molecule has 0 spiro atoms. The van der Waals surface area contributed by atoms with Crippen LogP contribution in [0.1, 0.15) is 133 Å². The summed E-state index contributed by atoms with van der Waals surface area (Å²) in [6, 6.07) is 6.10. The Kier molecular flexibility index (Phi) is 14.2. The lowest BCUT2D eigenvalue weighted by Gasteiger charge is -2.38. The number of hydrogen-bond donors (Lipinski definition) is 3. The first kappa shape index (κ1) is 45.0. The zero-order valence-corrected chi connectivity index (χ0v) is 38.6. The minimum Gasteiger partial charge on any atom is -0.393 e. The van der Waals surface area contributed by atoms with E-state index in [0.29, 0.717) is 24.4 Å². The first-order valence-corrected chi connectivity index (χ1v) is 24.7. The number of fused-ring (bicyclic) bond motifs is 2. The zero-order valence-electron chi connectivity index (χ0n) is 38.6. The van der Waals surface area contributed by atoms with E-state index < -0.39 is 11.9 Å². The number of rotatable bonds is 16. The number of aliphatic hydroxyl groups is 1. The van der Waals surface area contributed by atoms with Crippen molar-refractivity contribution in [3.8, 4) is 0 Å².